The summed E-state index contributed by atoms with van der Waals surface area (Å²) in [5.41, 5.74) is 0.968. The lowest BCUT2D eigenvalue weighted by Gasteiger charge is -2.03. The minimum absolute atomic E-state index is 0.0270. The van der Waals surface area contributed by atoms with E-state index in [9.17, 15) is 4.79 Å². The summed E-state index contributed by atoms with van der Waals surface area (Å²) < 4.78 is 0. The summed E-state index contributed by atoms with van der Waals surface area (Å²) in [7, 11) is 0. The summed E-state index contributed by atoms with van der Waals surface area (Å²) in [6, 6.07) is 7.28. The largest absolute Gasteiger partial charge is 0.356 e. The molecule has 15 heavy (non-hydrogen) atoms. The average molecular weight is 224 g/mol. The molecule has 1 N–H and O–H groups in total. The number of amides is 1. The Morgan fingerprint density at radius 3 is 2.67 bits per heavy atom. The van der Waals surface area contributed by atoms with Gasteiger partial charge in [-0.25, -0.2) is 0 Å². The summed E-state index contributed by atoms with van der Waals surface area (Å²) in [4.78, 5) is 11.4. The van der Waals surface area contributed by atoms with Crippen molar-refractivity contribution in [3.05, 3.63) is 47.5 Å². The zero-order valence-electron chi connectivity index (χ0n) is 8.50. The Balaban J connectivity index is 2.37. The second kappa shape index (κ2) is 6.25. The van der Waals surface area contributed by atoms with Gasteiger partial charge in [0, 0.05) is 11.6 Å². The fourth-order valence-corrected chi connectivity index (χ4v) is 1.29. The molecular formula is C12H14ClNO. The summed E-state index contributed by atoms with van der Waals surface area (Å²) in [5.74, 6) is 0.0270. The second-order valence-corrected chi connectivity index (χ2v) is 3.67. The van der Waals surface area contributed by atoms with E-state index >= 15 is 0 Å². The van der Waals surface area contributed by atoms with Gasteiger partial charge in [-0.15, -0.1) is 6.58 Å². The van der Waals surface area contributed by atoms with Crippen LogP contribution in [0.2, 0.25) is 5.02 Å². The molecule has 0 aliphatic rings. The molecule has 1 rings (SSSR count). The van der Waals surface area contributed by atoms with E-state index in [4.69, 9.17) is 11.6 Å². The molecule has 0 saturated heterocycles. The minimum Gasteiger partial charge on any atom is -0.356 e. The predicted molar refractivity (Wildman–Crippen MR) is 63.0 cm³/mol. The lowest BCUT2D eigenvalue weighted by Crippen LogP contribution is -2.25. The van der Waals surface area contributed by atoms with Gasteiger partial charge in [0.05, 0.1) is 6.42 Å². The number of carbonyl (C=O) groups is 1. The van der Waals surface area contributed by atoms with Crippen LogP contribution in [0.5, 0.6) is 0 Å². The fourth-order valence-electron chi connectivity index (χ4n) is 1.16. The Kier molecular flexibility index (Phi) is 4.91. The molecule has 0 aliphatic heterocycles. The topological polar surface area (TPSA) is 29.1 Å². The van der Waals surface area contributed by atoms with Crippen molar-refractivity contribution in [2.24, 2.45) is 0 Å². The maximum absolute atomic E-state index is 11.4. The first-order chi connectivity index (χ1) is 7.22. The zero-order chi connectivity index (χ0) is 11.1. The molecule has 0 spiro atoms. The van der Waals surface area contributed by atoms with E-state index < -0.39 is 0 Å². The highest BCUT2D eigenvalue weighted by atomic mass is 35.5. The van der Waals surface area contributed by atoms with Crippen molar-refractivity contribution in [1.82, 2.24) is 5.32 Å². The van der Waals surface area contributed by atoms with Crippen LogP contribution in [-0.2, 0) is 11.2 Å². The summed E-state index contributed by atoms with van der Waals surface area (Å²) in [5, 5.41) is 3.49. The van der Waals surface area contributed by atoms with Gasteiger partial charge in [-0.3, -0.25) is 4.79 Å². The monoisotopic (exact) mass is 223 g/mol. The fraction of sp³-hybridized carbons (Fsp3) is 0.250. The van der Waals surface area contributed by atoms with Crippen LogP contribution in [0, 0.1) is 0 Å². The van der Waals surface area contributed by atoms with E-state index in [-0.39, 0.29) is 5.91 Å². The van der Waals surface area contributed by atoms with E-state index in [0.717, 1.165) is 12.0 Å². The van der Waals surface area contributed by atoms with Crippen LogP contribution in [0.1, 0.15) is 12.0 Å². The third kappa shape index (κ3) is 4.66. The maximum Gasteiger partial charge on any atom is 0.224 e. The summed E-state index contributed by atoms with van der Waals surface area (Å²) in [6.45, 7) is 4.23. The molecule has 0 unspecified atom stereocenters. The number of carbonyl (C=O) groups excluding carboxylic acids is 1. The molecule has 3 heteroatoms. The molecule has 2 nitrogen and oxygen atoms in total. The zero-order valence-corrected chi connectivity index (χ0v) is 9.26. The number of halogens is 1. The summed E-state index contributed by atoms with van der Waals surface area (Å²) >= 11 is 5.74. The normalized spacial score (nSPS) is 9.67. The number of benzene rings is 1. The van der Waals surface area contributed by atoms with Crippen molar-refractivity contribution >= 4 is 17.5 Å². The minimum atomic E-state index is 0.0270. The Hall–Kier alpha value is -1.28. The van der Waals surface area contributed by atoms with Gasteiger partial charge in [-0.1, -0.05) is 29.8 Å². The number of rotatable bonds is 5. The molecule has 1 aromatic rings. The van der Waals surface area contributed by atoms with Crippen LogP contribution in [0.25, 0.3) is 0 Å². The number of hydrogen-bond donors (Lipinski definition) is 1. The van der Waals surface area contributed by atoms with Gasteiger partial charge in [-0.2, -0.15) is 0 Å². The van der Waals surface area contributed by atoms with Crippen molar-refractivity contribution in [1.29, 1.82) is 0 Å². The Morgan fingerprint density at radius 1 is 1.40 bits per heavy atom. The Labute approximate surface area is 94.9 Å². The smallest absolute Gasteiger partial charge is 0.224 e. The molecule has 0 atom stereocenters. The molecule has 0 aromatic heterocycles. The highest BCUT2D eigenvalue weighted by molar-refractivity contribution is 6.30. The van der Waals surface area contributed by atoms with Gasteiger partial charge in [0.1, 0.15) is 0 Å². The van der Waals surface area contributed by atoms with E-state index in [1.807, 2.05) is 12.1 Å². The average Bonchev–Trinajstić information content (AvgIpc) is 2.22. The van der Waals surface area contributed by atoms with Gasteiger partial charge < -0.3 is 5.32 Å². The standard InChI is InChI=1S/C12H14ClNO/c1-2-3-8-14-12(15)9-10-4-6-11(13)7-5-10/h2,4-7H,1,3,8-9H2,(H,14,15). The van der Waals surface area contributed by atoms with Crippen LogP contribution < -0.4 is 5.32 Å². The second-order valence-electron chi connectivity index (χ2n) is 3.23. The first-order valence-corrected chi connectivity index (χ1v) is 5.22. The SMILES string of the molecule is C=CCCNC(=O)Cc1ccc(Cl)cc1. The van der Waals surface area contributed by atoms with Crippen molar-refractivity contribution in [3.63, 3.8) is 0 Å². The van der Waals surface area contributed by atoms with E-state index in [2.05, 4.69) is 11.9 Å². The Morgan fingerprint density at radius 2 is 2.07 bits per heavy atom. The van der Waals surface area contributed by atoms with Gasteiger partial charge in [-0.05, 0) is 24.1 Å². The maximum atomic E-state index is 11.4. The van der Waals surface area contributed by atoms with Crippen molar-refractivity contribution in [2.75, 3.05) is 6.54 Å². The van der Waals surface area contributed by atoms with Crippen LogP contribution >= 0.6 is 11.6 Å². The lowest BCUT2D eigenvalue weighted by molar-refractivity contribution is -0.120. The van der Waals surface area contributed by atoms with Crippen LogP contribution in [0.3, 0.4) is 0 Å². The molecule has 1 aromatic carbocycles. The first-order valence-electron chi connectivity index (χ1n) is 4.84. The molecule has 0 radical (unpaired) electrons. The summed E-state index contributed by atoms with van der Waals surface area (Å²) in [6.07, 6.45) is 2.98. The molecule has 0 saturated carbocycles. The van der Waals surface area contributed by atoms with E-state index in [0.29, 0.717) is 18.0 Å². The van der Waals surface area contributed by atoms with Crippen molar-refractivity contribution in [3.8, 4) is 0 Å². The molecule has 1 amide bonds. The third-order valence-electron chi connectivity index (χ3n) is 1.95. The van der Waals surface area contributed by atoms with E-state index in [1.54, 1.807) is 18.2 Å². The van der Waals surface area contributed by atoms with Gasteiger partial charge in [0.25, 0.3) is 0 Å². The first kappa shape index (κ1) is 11.8. The highest BCUT2D eigenvalue weighted by Crippen LogP contribution is 2.09. The molecule has 0 fully saturated rings. The molecule has 80 valence electrons. The Bertz CT molecular complexity index is 332. The third-order valence-corrected chi connectivity index (χ3v) is 2.20. The van der Waals surface area contributed by atoms with Crippen molar-refractivity contribution < 1.29 is 4.79 Å². The molecule has 0 aliphatic carbocycles. The predicted octanol–water partition coefficient (Wildman–Crippen LogP) is 2.57. The van der Waals surface area contributed by atoms with Gasteiger partial charge in [0.2, 0.25) is 5.91 Å². The van der Waals surface area contributed by atoms with Gasteiger partial charge in [0.15, 0.2) is 0 Å². The van der Waals surface area contributed by atoms with Crippen LogP contribution in [0.15, 0.2) is 36.9 Å². The lowest BCUT2D eigenvalue weighted by atomic mass is 10.1. The van der Waals surface area contributed by atoms with E-state index in [1.165, 1.54) is 0 Å². The van der Waals surface area contributed by atoms with Crippen LogP contribution in [0.4, 0.5) is 0 Å². The van der Waals surface area contributed by atoms with Crippen LogP contribution in [-0.4, -0.2) is 12.5 Å². The quantitative estimate of drug-likeness (QED) is 0.603. The highest BCUT2D eigenvalue weighted by Gasteiger charge is 2.01. The molecule has 0 heterocycles. The van der Waals surface area contributed by atoms with Crippen molar-refractivity contribution in [2.45, 2.75) is 12.8 Å². The molecular weight excluding hydrogens is 210 g/mol. The molecule has 0 bridgehead atoms. The van der Waals surface area contributed by atoms with Gasteiger partial charge >= 0.3 is 0 Å². The number of hydrogen-bond acceptors (Lipinski definition) is 1. The number of nitrogens with one attached hydrogen (secondary N) is 1.